The van der Waals surface area contributed by atoms with Crippen molar-refractivity contribution in [1.29, 1.82) is 0 Å². The summed E-state index contributed by atoms with van der Waals surface area (Å²) < 4.78 is 4.73. The number of halogens is 2. The molecule has 3 aliphatic carbocycles. The van der Waals surface area contributed by atoms with E-state index in [4.69, 9.17) is 27.8 Å². The molecule has 258 valence electrons. The fourth-order valence-corrected chi connectivity index (χ4v) is 8.01. The molecule has 3 fully saturated rings. The molecule has 1 aliphatic heterocycles. The third-order valence-electron chi connectivity index (χ3n) is 10.4. The Balaban J connectivity index is 1.15. The van der Waals surface area contributed by atoms with E-state index in [2.05, 4.69) is 31.6 Å². The van der Waals surface area contributed by atoms with E-state index < -0.39 is 17.5 Å². The number of fused-ring (bicyclic) bond motifs is 1. The molecular weight excluding hydrogens is 669 g/mol. The quantitative estimate of drug-likeness (QED) is 0.208. The van der Waals surface area contributed by atoms with Crippen LogP contribution in [0.4, 0.5) is 16.2 Å². The lowest BCUT2D eigenvalue weighted by atomic mass is 9.88. The van der Waals surface area contributed by atoms with E-state index >= 15 is 0 Å². The number of rotatable bonds is 11. The second kappa shape index (κ2) is 12.9. The smallest absolute Gasteiger partial charge is 0.318 e. The molecule has 3 atom stereocenters. The fraction of sp³-hybridized carbons (Fsp3) is 0.486. The molecule has 5 amide bonds. The van der Waals surface area contributed by atoms with E-state index in [1.807, 2.05) is 26.0 Å². The number of hydrogen-bond acceptors (Lipinski definition) is 7. The van der Waals surface area contributed by atoms with Gasteiger partial charge in [-0.15, -0.1) is 0 Å². The van der Waals surface area contributed by atoms with Gasteiger partial charge in [-0.25, -0.2) is 9.42 Å². The molecule has 1 unspecified atom stereocenters. The third kappa shape index (κ3) is 6.72. The number of anilines is 2. The van der Waals surface area contributed by atoms with Gasteiger partial charge in [0.2, 0.25) is 5.91 Å². The second-order valence-corrected chi connectivity index (χ2v) is 15.2. The molecular formula is C35H39Cl2N7O5. The van der Waals surface area contributed by atoms with Crippen LogP contribution in [-0.2, 0) is 22.4 Å². The molecule has 2 aromatic carbocycles. The summed E-state index contributed by atoms with van der Waals surface area (Å²) in [6.07, 6.45) is 4.61. The maximum atomic E-state index is 14.3. The summed E-state index contributed by atoms with van der Waals surface area (Å²) in [4.78, 5) is 56.6. The van der Waals surface area contributed by atoms with Crippen LogP contribution < -0.4 is 21.3 Å². The number of hydrogen-bond donors (Lipinski definition) is 4. The normalized spacial score (nSPS) is 22.2. The Morgan fingerprint density at radius 1 is 0.939 bits per heavy atom. The molecule has 14 heteroatoms. The van der Waals surface area contributed by atoms with Gasteiger partial charge in [0.15, 0.2) is 5.69 Å². The van der Waals surface area contributed by atoms with Crippen LogP contribution in [0.2, 0.25) is 10.0 Å². The number of aromatic nitrogens is 2. The van der Waals surface area contributed by atoms with Crippen molar-refractivity contribution < 1.29 is 23.8 Å². The molecule has 0 radical (unpaired) electrons. The molecule has 0 spiro atoms. The highest BCUT2D eigenvalue weighted by molar-refractivity contribution is 6.35. The lowest BCUT2D eigenvalue weighted by Gasteiger charge is -2.36. The summed E-state index contributed by atoms with van der Waals surface area (Å²) in [7, 11) is 0. The van der Waals surface area contributed by atoms with Crippen LogP contribution in [0.1, 0.15) is 66.8 Å². The van der Waals surface area contributed by atoms with Gasteiger partial charge in [0.05, 0.1) is 6.04 Å². The van der Waals surface area contributed by atoms with E-state index in [9.17, 15) is 19.2 Å². The van der Waals surface area contributed by atoms with Crippen molar-refractivity contribution in [2.45, 2.75) is 76.9 Å². The molecule has 4 aliphatic rings. The predicted molar refractivity (Wildman–Crippen MR) is 183 cm³/mol. The van der Waals surface area contributed by atoms with Gasteiger partial charge in [-0.05, 0) is 103 Å². The summed E-state index contributed by atoms with van der Waals surface area (Å²) in [5.41, 5.74) is 1.86. The van der Waals surface area contributed by atoms with E-state index in [-0.39, 0.29) is 54.3 Å². The summed E-state index contributed by atoms with van der Waals surface area (Å²) >= 11 is 12.5. The van der Waals surface area contributed by atoms with Gasteiger partial charge in [-0.1, -0.05) is 48.3 Å². The number of benzene rings is 2. The number of amides is 5. The number of nitrogens with one attached hydrogen (secondary N) is 4. The maximum Gasteiger partial charge on any atom is 0.318 e. The zero-order valence-corrected chi connectivity index (χ0v) is 29.0. The molecule has 4 N–H and O–H groups in total. The first kappa shape index (κ1) is 33.3. The van der Waals surface area contributed by atoms with Gasteiger partial charge < -0.3 is 26.2 Å². The number of nitrogens with zero attached hydrogens (tertiary/aromatic N) is 3. The van der Waals surface area contributed by atoms with Gasteiger partial charge in [-0.3, -0.25) is 14.4 Å². The van der Waals surface area contributed by atoms with Crippen molar-refractivity contribution in [2.24, 2.45) is 23.7 Å². The predicted octanol–water partition coefficient (Wildman–Crippen LogP) is 5.38. The Hall–Kier alpha value is -4.16. The summed E-state index contributed by atoms with van der Waals surface area (Å²) in [6, 6.07) is 9.17. The monoisotopic (exact) mass is 707 g/mol. The molecule has 2 saturated carbocycles. The molecule has 1 saturated heterocycles. The highest BCUT2D eigenvalue weighted by Gasteiger charge is 2.54. The molecule has 1 aromatic heterocycles. The van der Waals surface area contributed by atoms with Crippen molar-refractivity contribution in [2.75, 3.05) is 17.2 Å². The number of urea groups is 1. The molecule has 49 heavy (non-hydrogen) atoms. The zero-order valence-electron chi connectivity index (χ0n) is 27.5. The zero-order chi connectivity index (χ0) is 34.6. The first-order valence-corrected chi connectivity index (χ1v) is 17.6. The largest absolute Gasteiger partial charge is 0.338 e. The van der Waals surface area contributed by atoms with Gasteiger partial charge in [0.25, 0.3) is 11.8 Å². The average molecular weight is 709 g/mol. The Bertz CT molecular complexity index is 1790. The van der Waals surface area contributed by atoms with E-state index in [1.165, 1.54) is 0 Å². The third-order valence-corrected chi connectivity index (χ3v) is 10.8. The van der Waals surface area contributed by atoms with E-state index in [1.54, 1.807) is 36.1 Å². The maximum absolute atomic E-state index is 14.3. The topological polar surface area (TPSA) is 159 Å². The Morgan fingerprint density at radius 2 is 1.61 bits per heavy atom. The van der Waals surface area contributed by atoms with Crippen LogP contribution in [0, 0.1) is 30.6 Å². The molecule has 2 heterocycles. The summed E-state index contributed by atoms with van der Waals surface area (Å²) in [5, 5.41) is 20.2. The van der Waals surface area contributed by atoms with Gasteiger partial charge >= 0.3 is 6.03 Å². The Labute approximate surface area is 294 Å². The van der Waals surface area contributed by atoms with Crippen molar-refractivity contribution in [1.82, 2.24) is 25.8 Å². The fourth-order valence-electron chi connectivity index (χ4n) is 7.48. The van der Waals surface area contributed by atoms with Crippen molar-refractivity contribution >= 4 is 58.3 Å². The summed E-state index contributed by atoms with van der Waals surface area (Å²) in [6.45, 7) is 6.06. The van der Waals surface area contributed by atoms with E-state index in [0.29, 0.717) is 45.5 Å². The SMILES string of the molecule is Cc1nonc1C(=O)N[C@H](C(=O)Nc1ccc2c(c1)CC(C(=O)Nc1cc(Cl)cc(Cl)c1)(N1C[C@@H](C(C)C)NC1=O)C2)C(C1CC1)C1CC1. The minimum absolute atomic E-state index is 0.0115. The van der Waals surface area contributed by atoms with Gasteiger partial charge in [0, 0.05) is 40.8 Å². The van der Waals surface area contributed by atoms with Crippen LogP contribution in [0.3, 0.4) is 0 Å². The average Bonchev–Trinajstić information content (AvgIpc) is 3.94. The molecule has 12 nitrogen and oxygen atoms in total. The Kier molecular flexibility index (Phi) is 8.81. The first-order chi connectivity index (χ1) is 23.4. The Morgan fingerprint density at radius 3 is 2.20 bits per heavy atom. The molecule has 7 rings (SSSR count). The lowest BCUT2D eigenvalue weighted by molar-refractivity contribution is -0.125. The van der Waals surface area contributed by atoms with Crippen LogP contribution in [-0.4, -0.2) is 63.1 Å². The van der Waals surface area contributed by atoms with Gasteiger partial charge in [-0.2, -0.15) is 0 Å². The highest BCUT2D eigenvalue weighted by Crippen LogP contribution is 2.51. The van der Waals surface area contributed by atoms with E-state index in [0.717, 1.165) is 36.8 Å². The van der Waals surface area contributed by atoms with Crippen LogP contribution in [0.25, 0.3) is 0 Å². The minimum atomic E-state index is -1.24. The first-order valence-electron chi connectivity index (χ1n) is 16.8. The standard InChI is InChI=1S/C35H39Cl2N7O5/c1-17(2)27-16-44(34(48)40-27)35(33(47)39-26-12-23(36)11-24(37)13-26)14-21-8-9-25(10-22(21)15-35)38-32(46)30(28(19-4-5-19)20-6-7-20)41-31(45)29-18(3)42-49-43-29/h8-13,17,19-20,27-28,30H,4-7,14-16H2,1-3H3,(H,38,46)(H,39,47)(H,40,48)(H,41,45)/t27-,30-,35?/m0/s1. The van der Waals surface area contributed by atoms with Crippen molar-refractivity contribution in [3.05, 3.63) is 69.0 Å². The van der Waals surface area contributed by atoms with Crippen LogP contribution >= 0.6 is 23.2 Å². The van der Waals surface area contributed by atoms with Crippen LogP contribution in [0.5, 0.6) is 0 Å². The number of aryl methyl sites for hydroxylation is 1. The van der Waals surface area contributed by atoms with Crippen LogP contribution in [0.15, 0.2) is 41.0 Å². The molecule has 0 bridgehead atoms. The molecule has 3 aromatic rings. The van der Waals surface area contributed by atoms with Crippen molar-refractivity contribution in [3.8, 4) is 0 Å². The lowest BCUT2D eigenvalue weighted by Crippen LogP contribution is -2.59. The minimum Gasteiger partial charge on any atom is -0.338 e. The highest BCUT2D eigenvalue weighted by atomic mass is 35.5. The van der Waals surface area contributed by atoms with Gasteiger partial charge in [0.1, 0.15) is 17.3 Å². The number of carbonyl (C=O) groups is 4. The summed E-state index contributed by atoms with van der Waals surface area (Å²) in [5.74, 6) is -0.254. The van der Waals surface area contributed by atoms with Crippen molar-refractivity contribution in [3.63, 3.8) is 0 Å². The number of carbonyl (C=O) groups excluding carboxylic acids is 4. The second-order valence-electron chi connectivity index (χ2n) is 14.3.